The standard InChI is InChI=1S/C16H22N2O3/c1-21-14-8-4-5-12(9-14)10-16(20)18(11-15(17)19)13-6-2-3-7-13/h4-5,8-9,13H,2-3,6-7,10-11H2,1H3,(H2,17,19). The molecule has 0 unspecified atom stereocenters. The molecule has 1 fully saturated rings. The number of nitrogens with two attached hydrogens (primary N) is 1. The summed E-state index contributed by atoms with van der Waals surface area (Å²) in [6, 6.07) is 7.57. The van der Waals surface area contributed by atoms with Gasteiger partial charge < -0.3 is 15.4 Å². The molecule has 2 rings (SSSR count). The predicted molar refractivity (Wildman–Crippen MR) is 79.9 cm³/mol. The Kier molecular flexibility index (Phi) is 5.20. The first kappa shape index (κ1) is 15.4. The number of carbonyl (C=O) groups excluding carboxylic acids is 2. The van der Waals surface area contributed by atoms with Gasteiger partial charge in [0.15, 0.2) is 0 Å². The van der Waals surface area contributed by atoms with E-state index in [2.05, 4.69) is 0 Å². The van der Waals surface area contributed by atoms with Gasteiger partial charge in [0.25, 0.3) is 0 Å². The van der Waals surface area contributed by atoms with E-state index in [-0.39, 0.29) is 24.9 Å². The van der Waals surface area contributed by atoms with Crippen molar-refractivity contribution in [3.63, 3.8) is 0 Å². The van der Waals surface area contributed by atoms with Crippen LogP contribution < -0.4 is 10.5 Å². The summed E-state index contributed by atoms with van der Waals surface area (Å²) < 4.78 is 5.16. The van der Waals surface area contributed by atoms with E-state index in [9.17, 15) is 9.59 Å². The Labute approximate surface area is 125 Å². The van der Waals surface area contributed by atoms with Crippen molar-refractivity contribution in [2.75, 3.05) is 13.7 Å². The Morgan fingerprint density at radius 1 is 1.33 bits per heavy atom. The molecule has 1 aliphatic carbocycles. The van der Waals surface area contributed by atoms with E-state index in [1.165, 1.54) is 0 Å². The van der Waals surface area contributed by atoms with Gasteiger partial charge in [-0.2, -0.15) is 0 Å². The fourth-order valence-corrected chi connectivity index (χ4v) is 2.86. The molecular formula is C16H22N2O3. The Balaban J connectivity index is 2.07. The average molecular weight is 290 g/mol. The van der Waals surface area contributed by atoms with Gasteiger partial charge in [-0.1, -0.05) is 25.0 Å². The van der Waals surface area contributed by atoms with E-state index in [0.717, 1.165) is 37.0 Å². The van der Waals surface area contributed by atoms with Crippen LogP contribution in [0.3, 0.4) is 0 Å². The molecular weight excluding hydrogens is 268 g/mol. The number of hydrogen-bond acceptors (Lipinski definition) is 3. The fourth-order valence-electron chi connectivity index (χ4n) is 2.86. The SMILES string of the molecule is COc1cccc(CC(=O)N(CC(N)=O)C2CCCC2)c1. The molecule has 21 heavy (non-hydrogen) atoms. The van der Waals surface area contributed by atoms with Gasteiger partial charge in [0, 0.05) is 6.04 Å². The highest BCUT2D eigenvalue weighted by Gasteiger charge is 2.27. The van der Waals surface area contributed by atoms with Crippen LogP contribution in [0.15, 0.2) is 24.3 Å². The van der Waals surface area contributed by atoms with E-state index in [1.807, 2.05) is 24.3 Å². The van der Waals surface area contributed by atoms with Crippen LogP contribution in [0.25, 0.3) is 0 Å². The van der Waals surface area contributed by atoms with Crippen molar-refractivity contribution in [3.05, 3.63) is 29.8 Å². The van der Waals surface area contributed by atoms with Crippen LogP contribution in [0.2, 0.25) is 0 Å². The quantitative estimate of drug-likeness (QED) is 0.862. The van der Waals surface area contributed by atoms with Crippen molar-refractivity contribution in [2.24, 2.45) is 5.73 Å². The van der Waals surface area contributed by atoms with Crippen LogP contribution in [0.4, 0.5) is 0 Å². The molecule has 0 aromatic heterocycles. The minimum absolute atomic E-state index is 0.00741. The maximum Gasteiger partial charge on any atom is 0.237 e. The summed E-state index contributed by atoms with van der Waals surface area (Å²) in [5.41, 5.74) is 6.17. The topological polar surface area (TPSA) is 72.6 Å². The third-order valence-corrected chi connectivity index (χ3v) is 3.90. The van der Waals surface area contributed by atoms with E-state index in [4.69, 9.17) is 10.5 Å². The van der Waals surface area contributed by atoms with Gasteiger partial charge in [0.1, 0.15) is 5.75 Å². The molecule has 2 N–H and O–H groups in total. The predicted octanol–water partition coefficient (Wildman–Crippen LogP) is 1.49. The van der Waals surface area contributed by atoms with Gasteiger partial charge in [-0.25, -0.2) is 0 Å². The maximum atomic E-state index is 12.5. The molecule has 0 saturated heterocycles. The smallest absolute Gasteiger partial charge is 0.237 e. The summed E-state index contributed by atoms with van der Waals surface area (Å²) in [5, 5.41) is 0. The van der Waals surface area contributed by atoms with E-state index in [1.54, 1.807) is 12.0 Å². The van der Waals surface area contributed by atoms with Gasteiger partial charge >= 0.3 is 0 Å². The van der Waals surface area contributed by atoms with Gasteiger partial charge in [0.05, 0.1) is 20.1 Å². The number of benzene rings is 1. The molecule has 1 aliphatic rings. The van der Waals surface area contributed by atoms with Crippen LogP contribution in [0, 0.1) is 0 Å². The lowest BCUT2D eigenvalue weighted by atomic mass is 10.1. The van der Waals surface area contributed by atoms with E-state index >= 15 is 0 Å². The summed E-state index contributed by atoms with van der Waals surface area (Å²) in [4.78, 5) is 25.4. The number of amides is 2. The molecule has 5 nitrogen and oxygen atoms in total. The molecule has 1 aromatic rings. The minimum Gasteiger partial charge on any atom is -0.497 e. The van der Waals surface area contributed by atoms with E-state index < -0.39 is 5.91 Å². The largest absolute Gasteiger partial charge is 0.497 e. The number of hydrogen-bond donors (Lipinski definition) is 1. The summed E-state index contributed by atoms with van der Waals surface area (Å²) in [6.45, 7) is 0.00741. The van der Waals surface area contributed by atoms with Gasteiger partial charge in [0.2, 0.25) is 11.8 Å². The van der Waals surface area contributed by atoms with Crippen molar-refractivity contribution >= 4 is 11.8 Å². The minimum atomic E-state index is -0.458. The molecule has 5 heteroatoms. The molecule has 0 radical (unpaired) electrons. The molecule has 2 amide bonds. The van der Waals surface area contributed by atoms with Crippen LogP contribution >= 0.6 is 0 Å². The summed E-state index contributed by atoms with van der Waals surface area (Å²) >= 11 is 0. The van der Waals surface area contributed by atoms with Crippen molar-refractivity contribution < 1.29 is 14.3 Å². The zero-order valence-electron chi connectivity index (χ0n) is 12.4. The lowest BCUT2D eigenvalue weighted by molar-refractivity contribution is -0.136. The Bertz CT molecular complexity index is 510. The number of nitrogens with zero attached hydrogens (tertiary/aromatic N) is 1. The lowest BCUT2D eigenvalue weighted by Crippen LogP contribution is -2.44. The highest BCUT2D eigenvalue weighted by Crippen LogP contribution is 2.24. The first-order chi connectivity index (χ1) is 10.1. The van der Waals surface area contributed by atoms with Crippen molar-refractivity contribution in [1.82, 2.24) is 4.90 Å². The van der Waals surface area contributed by atoms with Crippen LogP contribution in [0.1, 0.15) is 31.2 Å². The molecule has 114 valence electrons. The number of carbonyl (C=O) groups is 2. The number of ether oxygens (including phenoxy) is 1. The monoisotopic (exact) mass is 290 g/mol. The highest BCUT2D eigenvalue weighted by atomic mass is 16.5. The molecule has 1 saturated carbocycles. The van der Waals surface area contributed by atoms with Gasteiger partial charge in [-0.05, 0) is 30.5 Å². The molecule has 0 heterocycles. The second-order valence-electron chi connectivity index (χ2n) is 5.45. The molecule has 0 aliphatic heterocycles. The Morgan fingerprint density at radius 2 is 2.05 bits per heavy atom. The first-order valence-corrected chi connectivity index (χ1v) is 7.31. The van der Waals surface area contributed by atoms with Gasteiger partial charge in [-0.15, -0.1) is 0 Å². The summed E-state index contributed by atoms with van der Waals surface area (Å²) in [6.07, 6.45) is 4.38. The number of rotatable bonds is 6. The third kappa shape index (κ3) is 4.21. The van der Waals surface area contributed by atoms with Crippen LogP contribution in [-0.2, 0) is 16.0 Å². The van der Waals surface area contributed by atoms with Crippen LogP contribution in [0.5, 0.6) is 5.75 Å². The third-order valence-electron chi connectivity index (χ3n) is 3.90. The zero-order chi connectivity index (χ0) is 15.2. The van der Waals surface area contributed by atoms with Crippen LogP contribution in [-0.4, -0.2) is 36.4 Å². The summed E-state index contributed by atoms with van der Waals surface area (Å²) in [7, 11) is 1.60. The summed E-state index contributed by atoms with van der Waals surface area (Å²) in [5.74, 6) is 0.220. The van der Waals surface area contributed by atoms with E-state index in [0.29, 0.717) is 0 Å². The number of primary amides is 1. The Hall–Kier alpha value is -2.04. The molecule has 0 bridgehead atoms. The first-order valence-electron chi connectivity index (χ1n) is 7.31. The fraction of sp³-hybridized carbons (Fsp3) is 0.500. The Morgan fingerprint density at radius 3 is 2.67 bits per heavy atom. The van der Waals surface area contributed by atoms with Crippen molar-refractivity contribution in [3.8, 4) is 5.75 Å². The highest BCUT2D eigenvalue weighted by molar-refractivity contribution is 5.85. The number of methoxy groups -OCH3 is 1. The second-order valence-corrected chi connectivity index (χ2v) is 5.45. The molecule has 1 aromatic carbocycles. The lowest BCUT2D eigenvalue weighted by Gasteiger charge is -2.28. The maximum absolute atomic E-state index is 12.5. The van der Waals surface area contributed by atoms with Gasteiger partial charge in [-0.3, -0.25) is 9.59 Å². The normalized spacial score (nSPS) is 14.9. The zero-order valence-corrected chi connectivity index (χ0v) is 12.4. The molecule has 0 atom stereocenters. The van der Waals surface area contributed by atoms with Crippen molar-refractivity contribution in [1.29, 1.82) is 0 Å². The average Bonchev–Trinajstić information content (AvgIpc) is 2.98. The molecule has 0 spiro atoms. The van der Waals surface area contributed by atoms with Crippen molar-refractivity contribution in [2.45, 2.75) is 38.1 Å². The second kappa shape index (κ2) is 7.11.